The highest BCUT2D eigenvalue weighted by Gasteiger charge is 2.09. The zero-order chi connectivity index (χ0) is 15.1. The van der Waals surface area contributed by atoms with E-state index >= 15 is 0 Å². The van der Waals surface area contributed by atoms with Gasteiger partial charge in [-0.1, -0.05) is 23.9 Å². The second-order valence-electron chi connectivity index (χ2n) is 4.47. The Labute approximate surface area is 127 Å². The third-order valence-electron chi connectivity index (χ3n) is 2.75. The van der Waals surface area contributed by atoms with Gasteiger partial charge in [0.15, 0.2) is 0 Å². The summed E-state index contributed by atoms with van der Waals surface area (Å²) in [5.74, 6) is 0.613. The van der Waals surface area contributed by atoms with E-state index in [0.717, 1.165) is 28.6 Å². The number of nitrogens with zero attached hydrogens (tertiary/aromatic N) is 4. The van der Waals surface area contributed by atoms with E-state index in [0.29, 0.717) is 13.0 Å². The molecule has 0 aliphatic carbocycles. The Morgan fingerprint density at radius 1 is 1.43 bits per heavy atom. The van der Waals surface area contributed by atoms with Gasteiger partial charge >= 0.3 is 5.97 Å². The van der Waals surface area contributed by atoms with Crippen molar-refractivity contribution in [2.45, 2.75) is 31.8 Å². The van der Waals surface area contributed by atoms with Gasteiger partial charge < -0.3 is 4.74 Å². The molecular formula is C14H18N4O2S. The van der Waals surface area contributed by atoms with Crippen LogP contribution in [0.3, 0.4) is 0 Å². The van der Waals surface area contributed by atoms with E-state index in [1.807, 2.05) is 38.1 Å². The predicted octanol–water partition coefficient (Wildman–Crippen LogP) is 2.41. The molecule has 21 heavy (non-hydrogen) atoms. The van der Waals surface area contributed by atoms with Gasteiger partial charge in [-0.05, 0) is 48.4 Å². The molecule has 2 rings (SSSR count). The van der Waals surface area contributed by atoms with Crippen molar-refractivity contribution in [2.24, 2.45) is 0 Å². The molecule has 0 radical (unpaired) electrons. The fourth-order valence-electron chi connectivity index (χ4n) is 1.80. The molecule has 1 heterocycles. The maximum Gasteiger partial charge on any atom is 0.305 e. The number of thioether (sulfide) groups is 1. The van der Waals surface area contributed by atoms with Crippen molar-refractivity contribution in [3.63, 3.8) is 0 Å². The van der Waals surface area contributed by atoms with Crippen LogP contribution in [-0.2, 0) is 9.53 Å². The largest absolute Gasteiger partial charge is 0.466 e. The van der Waals surface area contributed by atoms with Gasteiger partial charge in [0.25, 0.3) is 0 Å². The average Bonchev–Trinajstić information content (AvgIpc) is 2.92. The van der Waals surface area contributed by atoms with E-state index in [4.69, 9.17) is 4.74 Å². The van der Waals surface area contributed by atoms with E-state index in [1.54, 1.807) is 4.68 Å². The smallest absolute Gasteiger partial charge is 0.305 e. The number of tetrazole rings is 1. The molecule has 0 bridgehead atoms. The van der Waals surface area contributed by atoms with Crippen LogP contribution in [0.4, 0.5) is 0 Å². The molecule has 0 aliphatic rings. The minimum atomic E-state index is -0.156. The summed E-state index contributed by atoms with van der Waals surface area (Å²) in [6.07, 6.45) is 1.16. The number of esters is 1. The maximum absolute atomic E-state index is 11.3. The van der Waals surface area contributed by atoms with Gasteiger partial charge in [-0.2, -0.15) is 4.68 Å². The summed E-state index contributed by atoms with van der Waals surface area (Å²) in [5.41, 5.74) is 2.09. The summed E-state index contributed by atoms with van der Waals surface area (Å²) in [7, 11) is 0. The van der Waals surface area contributed by atoms with Gasteiger partial charge in [0, 0.05) is 12.2 Å². The van der Waals surface area contributed by atoms with Gasteiger partial charge in [-0.25, -0.2) is 0 Å². The summed E-state index contributed by atoms with van der Waals surface area (Å²) in [6.45, 7) is 4.26. The van der Waals surface area contributed by atoms with E-state index in [1.165, 1.54) is 11.8 Å². The highest BCUT2D eigenvalue weighted by Crippen LogP contribution is 2.19. The third-order valence-corrected chi connectivity index (χ3v) is 3.75. The molecule has 0 atom stereocenters. The number of hydrogen-bond donors (Lipinski definition) is 0. The summed E-state index contributed by atoms with van der Waals surface area (Å²) in [5, 5.41) is 12.5. The lowest BCUT2D eigenvalue weighted by Gasteiger charge is -2.05. The third kappa shape index (κ3) is 4.56. The molecule has 0 saturated heterocycles. The summed E-state index contributed by atoms with van der Waals surface area (Å²) < 4.78 is 6.60. The summed E-state index contributed by atoms with van der Waals surface area (Å²) in [4.78, 5) is 11.3. The molecular weight excluding hydrogens is 288 g/mol. The molecule has 0 N–H and O–H groups in total. The summed E-state index contributed by atoms with van der Waals surface area (Å²) >= 11 is 1.53. The first kappa shape index (κ1) is 15.5. The van der Waals surface area contributed by atoms with Gasteiger partial charge in [-0.3, -0.25) is 4.79 Å². The van der Waals surface area contributed by atoms with Crippen LogP contribution in [0, 0.1) is 6.92 Å². The molecule has 0 aliphatic heterocycles. The molecule has 0 saturated carbocycles. The second-order valence-corrected chi connectivity index (χ2v) is 5.53. The Kier molecular flexibility index (Phi) is 5.74. The van der Waals surface area contributed by atoms with E-state index in [-0.39, 0.29) is 5.97 Å². The van der Waals surface area contributed by atoms with Crippen LogP contribution >= 0.6 is 11.8 Å². The number of hydrogen-bond acceptors (Lipinski definition) is 6. The molecule has 0 unspecified atom stereocenters. The van der Waals surface area contributed by atoms with Crippen LogP contribution in [0.1, 0.15) is 25.3 Å². The van der Waals surface area contributed by atoms with Crippen molar-refractivity contribution in [3.8, 4) is 5.69 Å². The molecule has 0 amide bonds. The standard InChI is InChI=1S/C14H18N4O2S/c1-3-20-13(19)8-5-9-21-14-15-16-17-18(14)12-7-4-6-11(2)10-12/h4,6-7,10H,3,5,8-9H2,1-2H3. The van der Waals surface area contributed by atoms with Crippen LogP contribution in [0.15, 0.2) is 29.4 Å². The first-order chi connectivity index (χ1) is 10.2. The van der Waals surface area contributed by atoms with Gasteiger partial charge in [0.05, 0.1) is 12.3 Å². The monoisotopic (exact) mass is 306 g/mol. The zero-order valence-electron chi connectivity index (χ0n) is 12.2. The maximum atomic E-state index is 11.3. The first-order valence-corrected chi connectivity index (χ1v) is 7.83. The minimum Gasteiger partial charge on any atom is -0.466 e. The van der Waals surface area contributed by atoms with E-state index in [2.05, 4.69) is 15.5 Å². The van der Waals surface area contributed by atoms with Crippen molar-refractivity contribution in [1.29, 1.82) is 0 Å². The zero-order valence-corrected chi connectivity index (χ0v) is 13.0. The van der Waals surface area contributed by atoms with Crippen LogP contribution in [0.5, 0.6) is 0 Å². The number of carbonyl (C=O) groups is 1. The predicted molar refractivity (Wildman–Crippen MR) is 80.5 cm³/mol. The lowest BCUT2D eigenvalue weighted by atomic mass is 10.2. The fourth-order valence-corrected chi connectivity index (χ4v) is 2.63. The fraction of sp³-hybridized carbons (Fsp3) is 0.429. The Balaban J connectivity index is 1.91. The van der Waals surface area contributed by atoms with Gasteiger partial charge in [0.1, 0.15) is 0 Å². The Hall–Kier alpha value is -1.89. The molecule has 1 aromatic carbocycles. The molecule has 0 spiro atoms. The topological polar surface area (TPSA) is 69.9 Å². The number of benzene rings is 1. The van der Waals surface area contributed by atoms with Gasteiger partial charge in [-0.15, -0.1) is 5.10 Å². The highest BCUT2D eigenvalue weighted by atomic mass is 32.2. The number of aromatic nitrogens is 4. The number of aryl methyl sites for hydroxylation is 1. The number of carbonyl (C=O) groups excluding carboxylic acids is 1. The van der Waals surface area contributed by atoms with Crippen molar-refractivity contribution in [3.05, 3.63) is 29.8 Å². The lowest BCUT2D eigenvalue weighted by molar-refractivity contribution is -0.143. The minimum absolute atomic E-state index is 0.156. The van der Waals surface area contributed by atoms with Gasteiger partial charge in [0.2, 0.25) is 5.16 Å². The molecule has 2 aromatic rings. The van der Waals surface area contributed by atoms with E-state index < -0.39 is 0 Å². The Morgan fingerprint density at radius 3 is 3.05 bits per heavy atom. The number of ether oxygens (including phenoxy) is 1. The van der Waals surface area contributed by atoms with Crippen LogP contribution < -0.4 is 0 Å². The van der Waals surface area contributed by atoms with Crippen LogP contribution in [0.25, 0.3) is 5.69 Å². The highest BCUT2D eigenvalue weighted by molar-refractivity contribution is 7.99. The van der Waals surface area contributed by atoms with Crippen LogP contribution in [-0.4, -0.2) is 38.5 Å². The van der Waals surface area contributed by atoms with Crippen LogP contribution in [0.2, 0.25) is 0 Å². The molecule has 1 aromatic heterocycles. The first-order valence-electron chi connectivity index (χ1n) is 6.84. The SMILES string of the molecule is CCOC(=O)CCCSc1nnnn1-c1cccc(C)c1. The van der Waals surface area contributed by atoms with Crippen molar-refractivity contribution < 1.29 is 9.53 Å². The molecule has 0 fully saturated rings. The number of rotatable bonds is 7. The van der Waals surface area contributed by atoms with Crippen molar-refractivity contribution >= 4 is 17.7 Å². The molecule has 6 nitrogen and oxygen atoms in total. The summed E-state index contributed by atoms with van der Waals surface area (Å²) in [6, 6.07) is 7.99. The average molecular weight is 306 g/mol. The Bertz CT molecular complexity index is 600. The lowest BCUT2D eigenvalue weighted by Crippen LogP contribution is -2.04. The van der Waals surface area contributed by atoms with E-state index in [9.17, 15) is 4.79 Å². The molecule has 7 heteroatoms. The Morgan fingerprint density at radius 2 is 2.29 bits per heavy atom. The molecule has 112 valence electrons. The normalized spacial score (nSPS) is 10.6. The second kappa shape index (κ2) is 7.78. The van der Waals surface area contributed by atoms with Crippen molar-refractivity contribution in [1.82, 2.24) is 20.2 Å². The van der Waals surface area contributed by atoms with Crippen molar-refractivity contribution in [2.75, 3.05) is 12.4 Å². The quantitative estimate of drug-likeness (QED) is 0.444.